The zero-order valence-corrected chi connectivity index (χ0v) is 9.89. The van der Waals surface area contributed by atoms with Gasteiger partial charge in [0, 0.05) is 24.2 Å². The molecule has 4 heteroatoms. The topological polar surface area (TPSA) is 69.6 Å². The number of carbonyl (C=O) groups is 1. The van der Waals surface area contributed by atoms with Crippen LogP contribution in [0.15, 0.2) is 36.4 Å². The second kappa shape index (κ2) is 5.51. The van der Waals surface area contributed by atoms with Crippen molar-refractivity contribution in [3.8, 4) is 0 Å². The molecular weight excluding hydrogens is 230 g/mol. The Balaban J connectivity index is 2.44. The molecule has 0 atom stereocenters. The smallest absolute Gasteiger partial charge is 0.336 e. The minimum atomic E-state index is -0.923. The summed E-state index contributed by atoms with van der Waals surface area (Å²) >= 11 is 0. The van der Waals surface area contributed by atoms with Crippen LogP contribution in [0.4, 0.5) is 5.69 Å². The van der Waals surface area contributed by atoms with E-state index in [1.165, 1.54) is 0 Å². The molecule has 0 unspecified atom stereocenters. The predicted molar refractivity (Wildman–Crippen MR) is 71.1 cm³/mol. The molecule has 0 aliphatic rings. The Kier molecular flexibility index (Phi) is 3.79. The number of fused-ring (bicyclic) bond motifs is 1. The first-order valence-electron chi connectivity index (χ1n) is 5.84. The van der Waals surface area contributed by atoms with Crippen molar-refractivity contribution in [3.05, 3.63) is 42.0 Å². The Hall–Kier alpha value is -2.07. The number of aliphatic hydroxyl groups excluding tert-OH is 1. The third-order valence-electron chi connectivity index (χ3n) is 2.80. The standard InChI is InChI=1S/C14H15NO3/c16-9-3-8-15-13-7-6-12(14(17)18)10-4-1-2-5-11(10)13/h1-2,4-7,15-16H,3,8-9H2,(H,17,18). The number of aromatic carboxylic acids is 1. The second-order valence-electron chi connectivity index (χ2n) is 4.02. The quantitative estimate of drug-likeness (QED) is 0.707. The Morgan fingerprint density at radius 3 is 2.50 bits per heavy atom. The van der Waals surface area contributed by atoms with Crippen LogP contribution in [0.3, 0.4) is 0 Å². The number of hydrogen-bond acceptors (Lipinski definition) is 3. The van der Waals surface area contributed by atoms with Crippen LogP contribution >= 0.6 is 0 Å². The summed E-state index contributed by atoms with van der Waals surface area (Å²) in [5.74, 6) is -0.923. The SMILES string of the molecule is O=C(O)c1ccc(NCCCO)c2ccccc12. The Labute approximate surface area is 105 Å². The molecule has 0 aliphatic carbocycles. The van der Waals surface area contributed by atoms with E-state index in [-0.39, 0.29) is 6.61 Å². The van der Waals surface area contributed by atoms with E-state index in [1.54, 1.807) is 18.2 Å². The lowest BCUT2D eigenvalue weighted by molar-refractivity contribution is 0.0699. The minimum absolute atomic E-state index is 0.137. The van der Waals surface area contributed by atoms with Gasteiger partial charge in [0.15, 0.2) is 0 Å². The molecule has 3 N–H and O–H groups in total. The molecule has 0 saturated carbocycles. The summed E-state index contributed by atoms with van der Waals surface area (Å²) in [6.45, 7) is 0.797. The fraction of sp³-hybridized carbons (Fsp3) is 0.214. The fourth-order valence-electron chi connectivity index (χ4n) is 1.94. The maximum atomic E-state index is 11.1. The summed E-state index contributed by atoms with van der Waals surface area (Å²) in [7, 11) is 0. The van der Waals surface area contributed by atoms with E-state index in [0.717, 1.165) is 16.5 Å². The number of benzene rings is 2. The van der Waals surface area contributed by atoms with Crippen LogP contribution in [-0.2, 0) is 0 Å². The zero-order valence-electron chi connectivity index (χ0n) is 9.89. The Bertz CT molecular complexity index is 566. The first-order chi connectivity index (χ1) is 8.74. The fourth-order valence-corrected chi connectivity index (χ4v) is 1.94. The van der Waals surface area contributed by atoms with Gasteiger partial charge < -0.3 is 15.5 Å². The second-order valence-corrected chi connectivity index (χ2v) is 4.02. The van der Waals surface area contributed by atoms with Crippen LogP contribution < -0.4 is 5.32 Å². The van der Waals surface area contributed by atoms with E-state index >= 15 is 0 Å². The van der Waals surface area contributed by atoms with E-state index in [9.17, 15) is 4.79 Å². The lowest BCUT2D eigenvalue weighted by atomic mass is 10.0. The molecule has 4 nitrogen and oxygen atoms in total. The molecule has 0 fully saturated rings. The van der Waals surface area contributed by atoms with Crippen LogP contribution in [0.25, 0.3) is 10.8 Å². The summed E-state index contributed by atoms with van der Waals surface area (Å²) in [5.41, 5.74) is 1.20. The highest BCUT2D eigenvalue weighted by Gasteiger charge is 2.10. The van der Waals surface area contributed by atoms with Crippen molar-refractivity contribution >= 4 is 22.4 Å². The number of hydrogen-bond donors (Lipinski definition) is 3. The summed E-state index contributed by atoms with van der Waals surface area (Å²) < 4.78 is 0. The van der Waals surface area contributed by atoms with Gasteiger partial charge in [-0.2, -0.15) is 0 Å². The van der Waals surface area contributed by atoms with Crippen molar-refractivity contribution in [2.75, 3.05) is 18.5 Å². The lowest BCUT2D eigenvalue weighted by Crippen LogP contribution is -2.05. The third kappa shape index (κ3) is 2.43. The van der Waals surface area contributed by atoms with E-state index in [2.05, 4.69) is 5.32 Å². The van der Waals surface area contributed by atoms with E-state index in [0.29, 0.717) is 18.5 Å². The number of rotatable bonds is 5. The van der Waals surface area contributed by atoms with Crippen LogP contribution in [0.5, 0.6) is 0 Å². The van der Waals surface area contributed by atoms with Gasteiger partial charge in [-0.3, -0.25) is 0 Å². The maximum Gasteiger partial charge on any atom is 0.336 e. The van der Waals surface area contributed by atoms with Crippen molar-refractivity contribution in [2.45, 2.75) is 6.42 Å². The molecule has 0 heterocycles. The molecule has 0 bridgehead atoms. The summed E-state index contributed by atoms with van der Waals surface area (Å²) in [4.78, 5) is 11.1. The van der Waals surface area contributed by atoms with Crippen molar-refractivity contribution < 1.29 is 15.0 Å². The van der Waals surface area contributed by atoms with Crippen LogP contribution in [0.1, 0.15) is 16.8 Å². The minimum Gasteiger partial charge on any atom is -0.478 e. The van der Waals surface area contributed by atoms with Gasteiger partial charge in [-0.05, 0) is 23.9 Å². The lowest BCUT2D eigenvalue weighted by Gasteiger charge is -2.11. The van der Waals surface area contributed by atoms with E-state index in [1.807, 2.05) is 18.2 Å². The van der Waals surface area contributed by atoms with Crippen molar-refractivity contribution in [1.29, 1.82) is 0 Å². The van der Waals surface area contributed by atoms with E-state index < -0.39 is 5.97 Å². The zero-order chi connectivity index (χ0) is 13.0. The maximum absolute atomic E-state index is 11.1. The van der Waals surface area contributed by atoms with Crippen LogP contribution in [0, 0.1) is 0 Å². The van der Waals surface area contributed by atoms with E-state index in [4.69, 9.17) is 10.2 Å². The average Bonchev–Trinajstić information content (AvgIpc) is 2.38. The Morgan fingerprint density at radius 2 is 1.83 bits per heavy atom. The van der Waals surface area contributed by atoms with Gasteiger partial charge in [-0.1, -0.05) is 24.3 Å². The monoisotopic (exact) mass is 245 g/mol. The first-order valence-corrected chi connectivity index (χ1v) is 5.84. The van der Waals surface area contributed by atoms with Crippen molar-refractivity contribution in [2.24, 2.45) is 0 Å². The molecule has 0 aliphatic heterocycles. The van der Waals surface area contributed by atoms with Crippen molar-refractivity contribution in [3.63, 3.8) is 0 Å². The molecule has 94 valence electrons. The predicted octanol–water partition coefficient (Wildman–Crippen LogP) is 2.33. The number of anilines is 1. The summed E-state index contributed by atoms with van der Waals surface area (Å²) in [5, 5.41) is 22.7. The molecule has 2 aromatic rings. The normalized spacial score (nSPS) is 10.5. The van der Waals surface area contributed by atoms with Crippen LogP contribution in [-0.4, -0.2) is 29.3 Å². The number of carboxylic acids is 1. The van der Waals surface area contributed by atoms with Crippen LogP contribution in [0.2, 0.25) is 0 Å². The largest absolute Gasteiger partial charge is 0.478 e. The number of aliphatic hydroxyl groups is 1. The molecule has 2 aromatic carbocycles. The molecule has 2 rings (SSSR count). The summed E-state index contributed by atoms with van der Waals surface area (Å²) in [6.07, 6.45) is 0.662. The van der Waals surface area contributed by atoms with Crippen molar-refractivity contribution in [1.82, 2.24) is 0 Å². The number of carboxylic acid groups (broad SMARTS) is 1. The highest BCUT2D eigenvalue weighted by atomic mass is 16.4. The molecule has 0 radical (unpaired) electrons. The molecule has 0 saturated heterocycles. The highest BCUT2D eigenvalue weighted by Crippen LogP contribution is 2.26. The van der Waals surface area contributed by atoms with Gasteiger partial charge in [0.25, 0.3) is 0 Å². The molecular formula is C14H15NO3. The van der Waals surface area contributed by atoms with Gasteiger partial charge in [-0.15, -0.1) is 0 Å². The molecule has 0 spiro atoms. The average molecular weight is 245 g/mol. The van der Waals surface area contributed by atoms with Gasteiger partial charge in [0.2, 0.25) is 0 Å². The van der Waals surface area contributed by atoms with Gasteiger partial charge in [-0.25, -0.2) is 4.79 Å². The van der Waals surface area contributed by atoms with Gasteiger partial charge in [0.1, 0.15) is 0 Å². The van der Waals surface area contributed by atoms with Gasteiger partial charge in [0.05, 0.1) is 5.56 Å². The van der Waals surface area contributed by atoms with Gasteiger partial charge >= 0.3 is 5.97 Å². The highest BCUT2D eigenvalue weighted by molar-refractivity contribution is 6.07. The third-order valence-corrected chi connectivity index (χ3v) is 2.80. The molecule has 0 amide bonds. The summed E-state index contributed by atoms with van der Waals surface area (Å²) in [6, 6.07) is 10.8. The molecule has 0 aromatic heterocycles. The Morgan fingerprint density at radius 1 is 1.11 bits per heavy atom. The first kappa shape index (κ1) is 12.4. The number of nitrogens with one attached hydrogen (secondary N) is 1. The molecule has 18 heavy (non-hydrogen) atoms.